The molecule has 2 rings (SSSR count). The highest BCUT2D eigenvalue weighted by Crippen LogP contribution is 2.47. The second-order valence-corrected chi connectivity index (χ2v) is 19.1. The third-order valence-corrected chi connectivity index (χ3v) is 13.0. The first-order valence-electron chi connectivity index (χ1n) is 24.5. The minimum Gasteiger partial charge on any atom is -0.462 e. The molecule has 0 aromatic rings. The van der Waals surface area contributed by atoms with E-state index < -0.39 is 112 Å². The Morgan fingerprint density at radius 2 is 1.41 bits per heavy atom. The minimum absolute atomic E-state index is 0.0151. The van der Waals surface area contributed by atoms with Gasteiger partial charge in [-0.1, -0.05) is 127 Å². The van der Waals surface area contributed by atoms with Crippen LogP contribution in [0.1, 0.15) is 162 Å². The van der Waals surface area contributed by atoms with Gasteiger partial charge in [0.15, 0.2) is 6.10 Å². The van der Waals surface area contributed by atoms with Gasteiger partial charge in [0.05, 0.1) is 31.0 Å². The number of hydrogen-bond donors (Lipinski definition) is 8. The Hall–Kier alpha value is -2.60. The van der Waals surface area contributed by atoms with E-state index in [-0.39, 0.29) is 19.3 Å². The number of esters is 2. The number of ether oxygens (including phenoxy) is 2. The molecule has 1 fully saturated rings. The van der Waals surface area contributed by atoms with Gasteiger partial charge in [-0.15, -0.1) is 0 Å². The van der Waals surface area contributed by atoms with Crippen molar-refractivity contribution in [3.63, 3.8) is 0 Å². The van der Waals surface area contributed by atoms with Crippen LogP contribution in [0.3, 0.4) is 0 Å². The lowest BCUT2D eigenvalue weighted by molar-refractivity contribution is -0.166. The van der Waals surface area contributed by atoms with Crippen molar-refractivity contribution in [1.82, 2.24) is 0 Å². The van der Waals surface area contributed by atoms with E-state index in [1.165, 1.54) is 37.5 Å². The van der Waals surface area contributed by atoms with Crippen LogP contribution in [0.2, 0.25) is 0 Å². The third-order valence-electron chi connectivity index (χ3n) is 12.0. The molecule has 0 saturated heterocycles. The zero-order chi connectivity index (χ0) is 48.7. The van der Waals surface area contributed by atoms with E-state index in [0.717, 1.165) is 70.6 Å². The average molecular weight is 959 g/mol. The van der Waals surface area contributed by atoms with Gasteiger partial charge in [0.2, 0.25) is 0 Å². The van der Waals surface area contributed by atoms with Crippen molar-refractivity contribution >= 4 is 25.5 Å². The molecule has 1 aliphatic carbocycles. The normalized spacial score (nSPS) is 31.4. The fourth-order valence-electron chi connectivity index (χ4n) is 7.90. The number of carbonyl (C=O) groups excluding carboxylic acids is 3. The largest absolute Gasteiger partial charge is 0.472 e. The van der Waals surface area contributed by atoms with Crippen LogP contribution in [-0.2, 0) is 37.5 Å². The number of cyclic esters (lactones) is 1. The second-order valence-electron chi connectivity index (χ2n) is 17.7. The SMILES string of the molecule is CCCCC/C=C\C/C=C\CCCCCCCCCC(=O)O[C@@H]1COC(=O)CCC/C=C\C[C@H]2C(=O)C[C@@H](O)[C@H](C=C[C@@H](O)CCCCC)[C@@H](O)[C@@H](O)[C@@H](OP(=O)(O)OC1)[C@H](O)[C@@H](O)[C@@H]2O. The summed E-state index contributed by atoms with van der Waals surface area (Å²) in [5.74, 6) is -5.10. The first kappa shape index (κ1) is 59.5. The predicted octanol–water partition coefficient (Wildman–Crippen LogP) is 6.54. The fourth-order valence-corrected chi connectivity index (χ4v) is 8.88. The summed E-state index contributed by atoms with van der Waals surface area (Å²) in [6.45, 7) is 2.77. The molecule has 1 aliphatic heterocycles. The van der Waals surface area contributed by atoms with Crippen LogP contribution in [0.15, 0.2) is 48.6 Å². The standard InChI is InChI=1S/C49H83O16P/c1-3-5-7-8-9-10-11-12-13-14-15-16-17-18-19-20-26-30-43(54)64-37-34-62-42(53)29-25-22-21-24-28-38-40(51)33-41(52)39(32-31-36(50)27-23-6-4-2)45(56)47(58)49(48(59)46(57)44(38)55)65-66(60,61)63-35-37/h9-10,12-13,21,24,31-32,36-39,41,44-50,52,55-59H,3-8,11,14-20,22-23,25-30,33-35H2,1-2H3,(H,60,61)/b10-9-,13-12-,24-21-,32-31?/t36-,37+,38-,39-,41+,44+,45+,46-,47+,48+,49+/m0/s1. The molecule has 0 spiro atoms. The molecular weight excluding hydrogens is 875 g/mol. The average Bonchev–Trinajstić information content (AvgIpc) is 3.28. The van der Waals surface area contributed by atoms with Crippen LogP contribution < -0.4 is 0 Å². The zero-order valence-corrected chi connectivity index (χ0v) is 40.3. The number of unbranched alkanes of at least 4 members (excludes halogenated alkanes) is 12. The number of aliphatic hydroxyl groups excluding tert-OH is 7. The maximum absolute atomic E-state index is 13.6. The summed E-state index contributed by atoms with van der Waals surface area (Å²) in [5.41, 5.74) is 0. The maximum atomic E-state index is 13.6. The maximum Gasteiger partial charge on any atom is 0.472 e. The van der Waals surface area contributed by atoms with Gasteiger partial charge in [0.25, 0.3) is 0 Å². The van der Waals surface area contributed by atoms with Gasteiger partial charge >= 0.3 is 19.8 Å². The molecule has 66 heavy (non-hydrogen) atoms. The van der Waals surface area contributed by atoms with Crippen molar-refractivity contribution in [3.8, 4) is 0 Å². The summed E-state index contributed by atoms with van der Waals surface area (Å²) in [4.78, 5) is 50.1. The molecule has 16 nitrogen and oxygen atoms in total. The van der Waals surface area contributed by atoms with Gasteiger partial charge in [0, 0.05) is 31.1 Å². The number of Topliss-reactive ketones (excluding diaryl/α,β-unsaturated/α-hetero) is 1. The molecule has 0 radical (unpaired) electrons. The van der Waals surface area contributed by atoms with Crippen molar-refractivity contribution in [2.24, 2.45) is 11.8 Å². The number of hydrogen-bond acceptors (Lipinski definition) is 15. The Bertz CT molecular complexity index is 1520. The molecule has 1 saturated carbocycles. The van der Waals surface area contributed by atoms with E-state index in [1.807, 2.05) is 6.92 Å². The Labute approximate surface area is 392 Å². The number of carbonyl (C=O) groups is 3. The smallest absolute Gasteiger partial charge is 0.462 e. The summed E-state index contributed by atoms with van der Waals surface area (Å²) >= 11 is 0. The van der Waals surface area contributed by atoms with Gasteiger partial charge in [-0.05, 0) is 64.2 Å². The first-order chi connectivity index (χ1) is 31.6. The number of rotatable bonds is 23. The highest BCUT2D eigenvalue weighted by atomic mass is 31.2. The van der Waals surface area contributed by atoms with E-state index in [0.29, 0.717) is 32.1 Å². The molecule has 1 heterocycles. The lowest BCUT2D eigenvalue weighted by atomic mass is 9.84. The molecule has 2 bridgehead atoms. The molecule has 17 heteroatoms. The lowest BCUT2D eigenvalue weighted by Crippen LogP contribution is -2.55. The van der Waals surface area contributed by atoms with E-state index in [4.69, 9.17) is 18.5 Å². The van der Waals surface area contributed by atoms with Gasteiger partial charge in [-0.25, -0.2) is 4.57 Å². The number of allylic oxidation sites excluding steroid dienone is 6. The molecule has 8 N–H and O–H groups in total. The summed E-state index contributed by atoms with van der Waals surface area (Å²) in [6, 6.07) is 0. The molecule has 0 amide bonds. The van der Waals surface area contributed by atoms with Crippen molar-refractivity contribution in [1.29, 1.82) is 0 Å². The molecule has 0 aromatic heterocycles. The molecular formula is C49H83O16P. The molecule has 1 unspecified atom stereocenters. The van der Waals surface area contributed by atoms with Crippen LogP contribution in [0.4, 0.5) is 0 Å². The quantitative estimate of drug-likeness (QED) is 0.0234. The van der Waals surface area contributed by atoms with Crippen LogP contribution >= 0.6 is 7.82 Å². The van der Waals surface area contributed by atoms with E-state index in [2.05, 4.69) is 31.2 Å². The number of aliphatic hydroxyl groups is 7. The highest BCUT2D eigenvalue weighted by Gasteiger charge is 2.49. The summed E-state index contributed by atoms with van der Waals surface area (Å²) in [5, 5.41) is 78.6. The number of ketones is 1. The van der Waals surface area contributed by atoms with Crippen LogP contribution in [0.5, 0.6) is 0 Å². The first-order valence-corrected chi connectivity index (χ1v) is 26.0. The number of phosphoric ester groups is 1. The predicted molar refractivity (Wildman–Crippen MR) is 250 cm³/mol. The van der Waals surface area contributed by atoms with Gasteiger partial charge < -0.3 is 50.1 Å². The second kappa shape index (κ2) is 34.6. The van der Waals surface area contributed by atoms with E-state index in [9.17, 15) is 59.6 Å². The topological polar surface area (TPSA) is 267 Å². The van der Waals surface area contributed by atoms with Gasteiger partial charge in [0.1, 0.15) is 36.8 Å². The van der Waals surface area contributed by atoms with Crippen LogP contribution in [0, 0.1) is 11.8 Å². The summed E-state index contributed by atoms with van der Waals surface area (Å²) in [7, 11) is -5.46. The highest BCUT2D eigenvalue weighted by molar-refractivity contribution is 7.47. The Morgan fingerprint density at radius 1 is 0.788 bits per heavy atom. The van der Waals surface area contributed by atoms with Crippen molar-refractivity contribution in [2.75, 3.05) is 13.2 Å². The summed E-state index contributed by atoms with van der Waals surface area (Å²) in [6.07, 6.45) is 12.4. The number of fused-ring (bicyclic) bond motifs is 4. The van der Waals surface area contributed by atoms with Gasteiger partial charge in [-0.3, -0.25) is 23.4 Å². The molecule has 380 valence electrons. The molecule has 2 aliphatic rings. The fraction of sp³-hybridized carbons (Fsp3) is 0.776. The Morgan fingerprint density at radius 3 is 2.09 bits per heavy atom. The van der Waals surface area contributed by atoms with Crippen molar-refractivity contribution < 1.29 is 78.1 Å². The molecule has 12 atom stereocenters. The monoisotopic (exact) mass is 959 g/mol. The zero-order valence-electron chi connectivity index (χ0n) is 39.4. The van der Waals surface area contributed by atoms with Crippen LogP contribution in [0.25, 0.3) is 0 Å². The van der Waals surface area contributed by atoms with Crippen molar-refractivity contribution in [3.05, 3.63) is 48.6 Å². The van der Waals surface area contributed by atoms with Crippen LogP contribution in [-0.4, -0.2) is 127 Å². The van der Waals surface area contributed by atoms with Gasteiger partial charge in [-0.2, -0.15) is 0 Å². The summed E-state index contributed by atoms with van der Waals surface area (Å²) < 4.78 is 34.7. The number of phosphoric acid groups is 1. The Kier molecular flexibility index (Phi) is 31.2. The van der Waals surface area contributed by atoms with E-state index >= 15 is 0 Å². The Balaban J connectivity index is 2.15. The minimum atomic E-state index is -5.46. The van der Waals surface area contributed by atoms with Crippen molar-refractivity contribution in [2.45, 2.75) is 216 Å². The molecule has 0 aromatic carbocycles. The lowest BCUT2D eigenvalue weighted by Gasteiger charge is -2.36. The van der Waals surface area contributed by atoms with E-state index in [1.54, 1.807) is 6.08 Å². The third kappa shape index (κ3) is 24.6.